The Morgan fingerprint density at radius 1 is 1.38 bits per heavy atom. The summed E-state index contributed by atoms with van der Waals surface area (Å²) in [6, 6.07) is 5.36. The number of carbonyl (C=O) groups is 1. The standard InChI is InChI=1S/C15H19NO4S/c1-2-13-11-12(6-8-15(17)18)5-7-14(13)16-9-3-4-10-21(16,19)20/h5-8,11H,2-4,9-10H2,1H3,(H,17,18)/b8-6+. The summed E-state index contributed by atoms with van der Waals surface area (Å²) >= 11 is 0. The van der Waals surface area contributed by atoms with Crippen LogP contribution in [0.3, 0.4) is 0 Å². The van der Waals surface area contributed by atoms with E-state index >= 15 is 0 Å². The molecule has 0 spiro atoms. The van der Waals surface area contributed by atoms with E-state index in [2.05, 4.69) is 0 Å². The van der Waals surface area contributed by atoms with Crippen molar-refractivity contribution in [1.29, 1.82) is 0 Å². The average molecular weight is 309 g/mol. The number of hydrogen-bond donors (Lipinski definition) is 1. The SMILES string of the molecule is CCc1cc(/C=C/C(=O)O)ccc1N1CCCCS1(=O)=O. The topological polar surface area (TPSA) is 74.7 Å². The van der Waals surface area contributed by atoms with Crippen LogP contribution in [0.1, 0.15) is 30.9 Å². The number of carboxylic acid groups (broad SMARTS) is 1. The van der Waals surface area contributed by atoms with E-state index in [1.807, 2.05) is 13.0 Å². The lowest BCUT2D eigenvalue weighted by Gasteiger charge is -2.30. The zero-order chi connectivity index (χ0) is 15.5. The summed E-state index contributed by atoms with van der Waals surface area (Å²) in [5, 5.41) is 8.65. The maximum Gasteiger partial charge on any atom is 0.328 e. The minimum Gasteiger partial charge on any atom is -0.478 e. The molecule has 0 atom stereocenters. The Hall–Kier alpha value is -1.82. The van der Waals surface area contributed by atoms with Gasteiger partial charge in [-0.2, -0.15) is 0 Å². The predicted octanol–water partition coefficient (Wildman–Crippen LogP) is 2.28. The van der Waals surface area contributed by atoms with E-state index in [0.29, 0.717) is 25.1 Å². The minimum atomic E-state index is -3.23. The second-order valence-electron chi connectivity index (χ2n) is 5.01. The Bertz CT molecular complexity index is 664. The fraction of sp³-hybridized carbons (Fsp3) is 0.400. The van der Waals surface area contributed by atoms with Gasteiger partial charge in [0.25, 0.3) is 0 Å². The molecule has 1 aromatic carbocycles. The van der Waals surface area contributed by atoms with E-state index in [0.717, 1.165) is 23.6 Å². The molecule has 1 N–H and O–H groups in total. The molecule has 1 aliphatic rings. The molecule has 0 unspecified atom stereocenters. The first kappa shape index (κ1) is 15.6. The molecule has 1 aliphatic heterocycles. The molecule has 0 saturated carbocycles. The number of hydrogen-bond acceptors (Lipinski definition) is 3. The lowest BCUT2D eigenvalue weighted by molar-refractivity contribution is -0.131. The molecule has 1 aromatic rings. The summed E-state index contributed by atoms with van der Waals surface area (Å²) in [7, 11) is -3.23. The van der Waals surface area contributed by atoms with Crippen LogP contribution < -0.4 is 4.31 Å². The van der Waals surface area contributed by atoms with E-state index in [1.165, 1.54) is 10.4 Å². The van der Waals surface area contributed by atoms with Crippen LogP contribution >= 0.6 is 0 Å². The van der Waals surface area contributed by atoms with Crippen LogP contribution in [0.15, 0.2) is 24.3 Å². The Labute approximate surface area is 124 Å². The highest BCUT2D eigenvalue weighted by molar-refractivity contribution is 7.92. The van der Waals surface area contributed by atoms with Crippen molar-refractivity contribution in [1.82, 2.24) is 0 Å². The number of sulfonamides is 1. The molecule has 0 aromatic heterocycles. The minimum absolute atomic E-state index is 0.191. The van der Waals surface area contributed by atoms with Crippen LogP contribution in [0.2, 0.25) is 0 Å². The Kier molecular flexibility index (Phi) is 4.67. The number of carboxylic acids is 1. The van der Waals surface area contributed by atoms with Gasteiger partial charge in [-0.1, -0.05) is 13.0 Å². The van der Waals surface area contributed by atoms with Crippen LogP contribution in [0, 0.1) is 0 Å². The molecule has 1 heterocycles. The predicted molar refractivity (Wildman–Crippen MR) is 82.9 cm³/mol. The van der Waals surface area contributed by atoms with Gasteiger partial charge in [-0.15, -0.1) is 0 Å². The summed E-state index contributed by atoms with van der Waals surface area (Å²) in [6.45, 7) is 2.47. The first-order valence-electron chi connectivity index (χ1n) is 6.98. The molecule has 1 fully saturated rings. The monoisotopic (exact) mass is 309 g/mol. The number of aryl methyl sites for hydroxylation is 1. The molecular weight excluding hydrogens is 290 g/mol. The van der Waals surface area contributed by atoms with E-state index in [9.17, 15) is 13.2 Å². The summed E-state index contributed by atoms with van der Waals surface area (Å²) in [4.78, 5) is 10.6. The van der Waals surface area contributed by atoms with Gasteiger partial charge in [0.15, 0.2) is 0 Å². The summed E-state index contributed by atoms with van der Waals surface area (Å²) in [6.07, 6.45) is 4.85. The van der Waals surface area contributed by atoms with Crippen molar-refractivity contribution in [3.8, 4) is 0 Å². The average Bonchev–Trinajstić information content (AvgIpc) is 2.44. The van der Waals surface area contributed by atoms with Gasteiger partial charge in [0.1, 0.15) is 0 Å². The molecule has 0 amide bonds. The number of anilines is 1. The van der Waals surface area contributed by atoms with Crippen molar-refractivity contribution in [3.05, 3.63) is 35.4 Å². The summed E-state index contributed by atoms with van der Waals surface area (Å²) in [5.41, 5.74) is 2.38. The van der Waals surface area contributed by atoms with Gasteiger partial charge in [-0.3, -0.25) is 4.31 Å². The summed E-state index contributed by atoms with van der Waals surface area (Å²) in [5.74, 6) is -0.813. The lowest BCUT2D eigenvalue weighted by Crippen LogP contribution is -2.38. The highest BCUT2D eigenvalue weighted by Gasteiger charge is 2.27. The second-order valence-corrected chi connectivity index (χ2v) is 7.02. The normalized spacial score (nSPS) is 18.0. The molecule has 0 bridgehead atoms. The number of aliphatic carboxylic acids is 1. The highest BCUT2D eigenvalue weighted by atomic mass is 32.2. The summed E-state index contributed by atoms with van der Waals surface area (Å²) < 4.78 is 25.9. The number of nitrogens with zero attached hydrogens (tertiary/aromatic N) is 1. The maximum atomic E-state index is 12.2. The quantitative estimate of drug-likeness (QED) is 0.866. The molecular formula is C15H19NO4S. The second kappa shape index (κ2) is 6.30. The van der Waals surface area contributed by atoms with Gasteiger partial charge in [0.2, 0.25) is 10.0 Å². The van der Waals surface area contributed by atoms with Crippen molar-refractivity contribution in [2.75, 3.05) is 16.6 Å². The first-order chi connectivity index (χ1) is 9.94. The molecule has 2 rings (SSSR count). The van der Waals surface area contributed by atoms with E-state index in [-0.39, 0.29) is 5.75 Å². The number of benzene rings is 1. The van der Waals surface area contributed by atoms with Gasteiger partial charge in [-0.05, 0) is 48.6 Å². The van der Waals surface area contributed by atoms with Crippen LogP contribution in [0.5, 0.6) is 0 Å². The smallest absolute Gasteiger partial charge is 0.328 e. The first-order valence-corrected chi connectivity index (χ1v) is 8.59. The van der Waals surface area contributed by atoms with Gasteiger partial charge >= 0.3 is 5.97 Å². The van der Waals surface area contributed by atoms with Crippen molar-refractivity contribution >= 4 is 27.8 Å². The Morgan fingerprint density at radius 3 is 2.76 bits per heavy atom. The third-order valence-corrected chi connectivity index (χ3v) is 5.38. The van der Waals surface area contributed by atoms with Crippen LogP contribution in [-0.2, 0) is 21.2 Å². The largest absolute Gasteiger partial charge is 0.478 e. The molecule has 0 aliphatic carbocycles. The Morgan fingerprint density at radius 2 is 2.14 bits per heavy atom. The van der Waals surface area contributed by atoms with Crippen molar-refractivity contribution < 1.29 is 18.3 Å². The molecule has 0 radical (unpaired) electrons. The highest BCUT2D eigenvalue weighted by Crippen LogP contribution is 2.28. The third-order valence-electron chi connectivity index (χ3n) is 3.52. The molecule has 6 heteroatoms. The fourth-order valence-corrected chi connectivity index (χ4v) is 4.14. The van der Waals surface area contributed by atoms with Crippen LogP contribution in [-0.4, -0.2) is 31.8 Å². The number of rotatable bonds is 4. The zero-order valence-electron chi connectivity index (χ0n) is 11.9. The third kappa shape index (κ3) is 3.64. The van der Waals surface area contributed by atoms with E-state index in [4.69, 9.17) is 5.11 Å². The van der Waals surface area contributed by atoms with Crippen molar-refractivity contribution in [2.24, 2.45) is 0 Å². The van der Waals surface area contributed by atoms with E-state index < -0.39 is 16.0 Å². The van der Waals surface area contributed by atoms with Gasteiger partial charge in [0, 0.05) is 12.6 Å². The van der Waals surface area contributed by atoms with Gasteiger partial charge in [-0.25, -0.2) is 13.2 Å². The van der Waals surface area contributed by atoms with Crippen LogP contribution in [0.4, 0.5) is 5.69 Å². The Balaban J connectivity index is 2.38. The molecule has 1 saturated heterocycles. The van der Waals surface area contributed by atoms with Crippen molar-refractivity contribution in [2.45, 2.75) is 26.2 Å². The lowest BCUT2D eigenvalue weighted by atomic mass is 10.1. The fourth-order valence-electron chi connectivity index (χ4n) is 2.46. The van der Waals surface area contributed by atoms with E-state index in [1.54, 1.807) is 12.1 Å². The molecule has 5 nitrogen and oxygen atoms in total. The molecule has 21 heavy (non-hydrogen) atoms. The van der Waals surface area contributed by atoms with Crippen LogP contribution in [0.25, 0.3) is 6.08 Å². The van der Waals surface area contributed by atoms with Gasteiger partial charge < -0.3 is 5.11 Å². The van der Waals surface area contributed by atoms with Crippen molar-refractivity contribution in [3.63, 3.8) is 0 Å². The van der Waals surface area contributed by atoms with Gasteiger partial charge in [0.05, 0.1) is 11.4 Å². The molecule has 114 valence electrons. The maximum absolute atomic E-state index is 12.2. The zero-order valence-corrected chi connectivity index (χ0v) is 12.8.